The number of fused-ring (bicyclic) bond motifs is 1. The molecule has 3 heterocycles. The first-order valence-electron chi connectivity index (χ1n) is 13.2. The van der Waals surface area contributed by atoms with Gasteiger partial charge in [0.2, 0.25) is 5.88 Å². The third kappa shape index (κ3) is 9.96. The maximum atomic E-state index is 11.9. The second-order valence-corrected chi connectivity index (χ2v) is 12.3. The van der Waals surface area contributed by atoms with Crippen LogP contribution < -0.4 is 4.52 Å². The van der Waals surface area contributed by atoms with Gasteiger partial charge in [0.25, 0.3) is 0 Å². The number of carbonyl (C=O) groups excluding carboxylic acids is 1. The Morgan fingerprint density at radius 3 is 2.42 bits per heavy atom. The molecular weight excluding hydrogens is 636 g/mol. The number of aromatic nitrogens is 4. The Balaban J connectivity index is 0.000000242. The molecule has 0 spiro atoms. The summed E-state index contributed by atoms with van der Waals surface area (Å²) in [4.78, 5) is 25.2. The van der Waals surface area contributed by atoms with Crippen LogP contribution in [0, 0.1) is 6.92 Å². The molecule has 43 heavy (non-hydrogen) atoms. The molecule has 0 aliphatic rings. The Morgan fingerprint density at radius 1 is 1.07 bits per heavy atom. The SMILES string of the molecule is CCOC(=O)c1cn2nc(OP(=S)(OCC)OCC)cc2nc1C.CO/N=C(/Cc1cccnc1)c1ccc(Cl)cc1Cl. The van der Waals surface area contributed by atoms with Gasteiger partial charge in [0.1, 0.15) is 7.11 Å². The van der Waals surface area contributed by atoms with Gasteiger partial charge < -0.3 is 14.1 Å². The van der Waals surface area contributed by atoms with Crippen molar-refractivity contribution < 1.29 is 27.9 Å². The summed E-state index contributed by atoms with van der Waals surface area (Å²) < 4.78 is 22.9. The number of halogens is 2. The summed E-state index contributed by atoms with van der Waals surface area (Å²) in [6.07, 6.45) is 5.65. The Labute approximate surface area is 265 Å². The number of carbonyl (C=O) groups is 1. The van der Waals surface area contributed by atoms with Crippen molar-refractivity contribution >= 4 is 59.1 Å². The van der Waals surface area contributed by atoms with Gasteiger partial charge in [0.05, 0.1) is 41.8 Å². The molecule has 0 fully saturated rings. The predicted molar refractivity (Wildman–Crippen MR) is 170 cm³/mol. The summed E-state index contributed by atoms with van der Waals surface area (Å²) in [5.74, 6) is -0.218. The van der Waals surface area contributed by atoms with Crippen molar-refractivity contribution in [2.45, 2.75) is 34.1 Å². The highest BCUT2D eigenvalue weighted by Gasteiger charge is 2.23. The third-order valence-electron chi connectivity index (χ3n) is 5.43. The van der Waals surface area contributed by atoms with E-state index < -0.39 is 12.7 Å². The van der Waals surface area contributed by atoms with Crippen LogP contribution in [0.4, 0.5) is 0 Å². The molecule has 0 saturated heterocycles. The summed E-state index contributed by atoms with van der Waals surface area (Å²) >= 11 is 17.4. The molecule has 0 aliphatic carbocycles. The number of aryl methyl sites for hydroxylation is 1. The van der Waals surface area contributed by atoms with E-state index in [1.54, 1.807) is 50.6 Å². The van der Waals surface area contributed by atoms with Crippen LogP contribution in [-0.2, 0) is 36.8 Å². The van der Waals surface area contributed by atoms with E-state index in [0.717, 1.165) is 16.8 Å². The Kier molecular flexibility index (Phi) is 13.3. The molecule has 4 rings (SSSR count). The van der Waals surface area contributed by atoms with E-state index in [4.69, 9.17) is 58.2 Å². The topological polar surface area (TPSA) is 119 Å². The number of rotatable bonds is 12. The molecule has 0 N–H and O–H groups in total. The second-order valence-electron chi connectivity index (χ2n) is 8.50. The average molecular weight is 669 g/mol. The number of ether oxygens (including phenoxy) is 1. The molecule has 230 valence electrons. The van der Waals surface area contributed by atoms with E-state index in [1.165, 1.54) is 11.6 Å². The number of benzene rings is 1. The molecule has 3 aromatic heterocycles. The van der Waals surface area contributed by atoms with Crippen LogP contribution in [-0.4, -0.2) is 58.2 Å². The van der Waals surface area contributed by atoms with Crippen molar-refractivity contribution in [3.8, 4) is 5.88 Å². The molecule has 0 amide bonds. The maximum absolute atomic E-state index is 11.9. The van der Waals surface area contributed by atoms with E-state index in [9.17, 15) is 4.79 Å². The Hall–Kier alpha value is -3.12. The number of oxime groups is 1. The van der Waals surface area contributed by atoms with Crippen LogP contribution in [0.2, 0.25) is 10.0 Å². The molecule has 0 radical (unpaired) electrons. The summed E-state index contributed by atoms with van der Waals surface area (Å²) in [6, 6.07) is 10.8. The summed E-state index contributed by atoms with van der Waals surface area (Å²) in [5.41, 5.74) is 3.97. The summed E-state index contributed by atoms with van der Waals surface area (Å²) in [5, 5.41) is 9.41. The van der Waals surface area contributed by atoms with Gasteiger partial charge in [-0.2, -0.15) is 0 Å². The fourth-order valence-electron chi connectivity index (χ4n) is 3.67. The number of hydrogen-bond donors (Lipinski definition) is 0. The van der Waals surface area contributed by atoms with Gasteiger partial charge in [0.15, 0.2) is 5.65 Å². The zero-order valence-electron chi connectivity index (χ0n) is 24.3. The highest BCUT2D eigenvalue weighted by atomic mass is 35.5. The molecule has 0 bridgehead atoms. The van der Waals surface area contributed by atoms with Gasteiger partial charge in [-0.1, -0.05) is 40.5 Å². The van der Waals surface area contributed by atoms with E-state index in [1.807, 2.05) is 32.0 Å². The lowest BCUT2D eigenvalue weighted by Crippen LogP contribution is -2.10. The van der Waals surface area contributed by atoms with Crippen LogP contribution in [0.3, 0.4) is 0 Å². The van der Waals surface area contributed by atoms with Gasteiger partial charge in [-0.05, 0) is 51.5 Å². The van der Waals surface area contributed by atoms with Crippen molar-refractivity contribution in [2.24, 2.45) is 5.16 Å². The lowest BCUT2D eigenvalue weighted by Gasteiger charge is -2.19. The van der Waals surface area contributed by atoms with Crippen LogP contribution in [0.25, 0.3) is 5.65 Å². The molecule has 1 aromatic carbocycles. The second kappa shape index (κ2) is 16.7. The lowest BCUT2D eigenvalue weighted by atomic mass is 10.0. The molecule has 11 nitrogen and oxygen atoms in total. The van der Waals surface area contributed by atoms with Gasteiger partial charge in [-0.3, -0.25) is 14.0 Å². The fourth-order valence-corrected chi connectivity index (χ4v) is 6.18. The lowest BCUT2D eigenvalue weighted by molar-refractivity contribution is 0.0524. The predicted octanol–water partition coefficient (Wildman–Crippen LogP) is 6.87. The quantitative estimate of drug-likeness (QED) is 0.0685. The maximum Gasteiger partial charge on any atom is 0.381 e. The third-order valence-corrected chi connectivity index (χ3v) is 8.39. The van der Waals surface area contributed by atoms with Gasteiger partial charge in [0, 0.05) is 53.5 Å². The Bertz CT molecular complexity index is 1600. The zero-order chi connectivity index (χ0) is 31.4. The average Bonchev–Trinajstić information content (AvgIpc) is 3.34. The highest BCUT2D eigenvalue weighted by Crippen LogP contribution is 2.49. The summed E-state index contributed by atoms with van der Waals surface area (Å²) in [7, 11) is 1.51. The highest BCUT2D eigenvalue weighted by molar-refractivity contribution is 8.07. The van der Waals surface area contributed by atoms with Gasteiger partial charge in [-0.15, -0.1) is 5.10 Å². The minimum absolute atomic E-state index is 0.230. The first-order valence-corrected chi connectivity index (χ1v) is 16.5. The standard InChI is InChI=1S/C14H12Cl2N2O.C14H20N3O5PS/c1-19-18-14(7-10-3-2-6-17-9-10)12-5-4-11(15)8-13(12)16;1-5-19-14(18)11-9-17-12(15-10(11)4)8-13(16-17)22-23(24,20-6-2)21-7-3/h2-6,8-9H,7H2,1H3;8-9H,5-7H2,1-4H3/b18-14-;. The van der Waals surface area contributed by atoms with Crippen LogP contribution >= 0.6 is 29.9 Å². The molecule has 15 heteroatoms. The molecule has 4 aromatic rings. The van der Waals surface area contributed by atoms with E-state index >= 15 is 0 Å². The van der Waals surface area contributed by atoms with Gasteiger partial charge >= 0.3 is 12.7 Å². The van der Waals surface area contributed by atoms with E-state index in [-0.39, 0.29) is 12.5 Å². The van der Waals surface area contributed by atoms with Crippen LogP contribution in [0.15, 0.2) is 60.1 Å². The first kappa shape index (κ1) is 34.4. The van der Waals surface area contributed by atoms with Crippen molar-refractivity contribution in [2.75, 3.05) is 26.9 Å². The van der Waals surface area contributed by atoms with Crippen LogP contribution in [0.5, 0.6) is 5.88 Å². The molecule has 0 unspecified atom stereocenters. The normalized spacial score (nSPS) is 11.6. The minimum atomic E-state index is -2.91. The smallest absolute Gasteiger partial charge is 0.381 e. The van der Waals surface area contributed by atoms with E-state index in [2.05, 4.69) is 20.2 Å². The van der Waals surface area contributed by atoms with Crippen molar-refractivity contribution in [1.29, 1.82) is 0 Å². The van der Waals surface area contributed by atoms with Gasteiger partial charge in [-0.25, -0.2) is 14.3 Å². The van der Waals surface area contributed by atoms with Crippen molar-refractivity contribution in [3.05, 3.63) is 87.4 Å². The number of hydrogen-bond acceptors (Lipinski definition) is 11. The van der Waals surface area contributed by atoms with E-state index in [0.29, 0.717) is 46.6 Å². The van der Waals surface area contributed by atoms with Crippen LogP contribution in [0.1, 0.15) is 48.0 Å². The largest absolute Gasteiger partial charge is 0.462 e. The fraction of sp³-hybridized carbons (Fsp3) is 0.321. The summed E-state index contributed by atoms with van der Waals surface area (Å²) in [6.45, 7) is 5.20. The van der Waals surface area contributed by atoms with Crippen molar-refractivity contribution in [3.63, 3.8) is 0 Å². The minimum Gasteiger partial charge on any atom is -0.462 e. The molecule has 0 aliphatic heterocycles. The number of nitrogens with zero attached hydrogens (tertiary/aromatic N) is 5. The number of pyridine rings is 1. The zero-order valence-corrected chi connectivity index (χ0v) is 27.5. The molecule has 0 saturated carbocycles. The van der Waals surface area contributed by atoms with Crippen molar-refractivity contribution in [1.82, 2.24) is 19.6 Å². The Morgan fingerprint density at radius 2 is 1.81 bits per heavy atom. The first-order chi connectivity index (χ1) is 20.6. The number of esters is 1. The molecular formula is C28H32Cl2N5O6PS. The molecule has 0 atom stereocenters. The monoisotopic (exact) mass is 667 g/mol.